The van der Waals surface area contributed by atoms with E-state index in [-0.39, 0.29) is 0 Å². The maximum absolute atomic E-state index is 2.50. The molecule has 18 aromatic carbocycles. The van der Waals surface area contributed by atoms with Crippen molar-refractivity contribution in [1.29, 1.82) is 0 Å². The molecule has 0 aliphatic carbocycles. The lowest BCUT2D eigenvalue weighted by Gasteiger charge is -2.26. The Bertz CT molecular complexity index is 5420. The molecule has 0 bridgehead atoms. The van der Waals surface area contributed by atoms with E-state index in [0.29, 0.717) is 0 Å². The third kappa shape index (κ3) is 10.5. The van der Waals surface area contributed by atoms with Gasteiger partial charge >= 0.3 is 0 Å². The molecule has 0 fully saturated rings. The highest BCUT2D eigenvalue weighted by Gasteiger charge is 2.34. The van der Waals surface area contributed by atoms with Crippen LogP contribution in [-0.4, -0.2) is 0 Å². The first-order valence-corrected chi connectivity index (χ1v) is 43.7. The van der Waals surface area contributed by atoms with Gasteiger partial charge in [-0.3, -0.25) is 0 Å². The smallest absolute Gasteiger partial charge is 0.00232 e. The Morgan fingerprint density at radius 2 is 0.250 bits per heavy atom. The van der Waals surface area contributed by atoms with E-state index in [1.54, 1.807) is 21.2 Å². The molecule has 4 aliphatic rings. The molecule has 4 aliphatic heterocycles. The normalized spacial score (nSPS) is 14.5. The highest BCUT2D eigenvalue weighted by molar-refractivity contribution is 7.71. The molecule has 0 spiro atoms. The molecule has 18 aromatic rings. The fourth-order valence-corrected chi connectivity index (χ4v) is 30.2. The summed E-state index contributed by atoms with van der Waals surface area (Å²) in [7, 11) is -2.03. The lowest BCUT2D eigenvalue weighted by atomic mass is 9.88. The molecule has 4 heterocycles. The molecule has 0 unspecified atom stereocenters. The van der Waals surface area contributed by atoms with Crippen molar-refractivity contribution in [2.75, 3.05) is 0 Å². The topological polar surface area (TPSA) is 0 Å². The molecule has 4 heteroatoms. The van der Waals surface area contributed by atoms with Crippen LogP contribution in [0.1, 0.15) is 44.5 Å². The van der Waals surface area contributed by atoms with E-state index in [1.165, 1.54) is 175 Å². The monoisotopic (exact) mass is 1400 g/mol. The van der Waals surface area contributed by atoms with Crippen molar-refractivity contribution in [3.63, 3.8) is 0 Å². The van der Waals surface area contributed by atoms with E-state index in [2.05, 4.69) is 340 Å². The molecule has 0 nitrogen and oxygen atoms in total. The second-order valence-corrected chi connectivity index (χ2v) is 37.7. The molecule has 104 heavy (non-hydrogen) atoms. The predicted octanol–water partition coefficient (Wildman–Crippen LogP) is 26.6. The average Bonchev–Trinajstić information content (AvgIpc) is 1.23. The van der Waals surface area contributed by atoms with Gasteiger partial charge in [0, 0.05) is 0 Å². The first-order chi connectivity index (χ1) is 51.6. The van der Waals surface area contributed by atoms with E-state index >= 15 is 0 Å². The second kappa shape index (κ2) is 25.9. The van der Waals surface area contributed by atoms with Gasteiger partial charge in [0.2, 0.25) is 0 Å². The van der Waals surface area contributed by atoms with Crippen LogP contribution in [0.2, 0.25) is 0 Å². The van der Waals surface area contributed by atoms with Gasteiger partial charge in [-0.25, -0.2) is 0 Å². The maximum Gasteiger partial charge on any atom is -0.00232 e. The van der Waals surface area contributed by atoms with Crippen LogP contribution in [0.15, 0.2) is 340 Å². The molecule has 0 atom stereocenters. The highest BCUT2D eigenvalue weighted by atomic mass is 31.1. The zero-order valence-corrected chi connectivity index (χ0v) is 61.4. The molecule has 0 N–H and O–H groups in total. The Kier molecular flexibility index (Phi) is 15.5. The van der Waals surface area contributed by atoms with Crippen molar-refractivity contribution in [2.24, 2.45) is 0 Å². The molecule has 0 amide bonds. The Morgan fingerprint density at radius 1 is 0.125 bits per heavy atom. The van der Waals surface area contributed by atoms with Gasteiger partial charge in [0.15, 0.2) is 0 Å². The van der Waals surface area contributed by atoms with Gasteiger partial charge in [-0.05, 0) is 246 Å². The third-order valence-corrected chi connectivity index (χ3v) is 33.6. The van der Waals surface area contributed by atoms with Gasteiger partial charge in [0.25, 0.3) is 0 Å². The zero-order valence-electron chi connectivity index (χ0n) is 57.8. The number of hydrogen-bond acceptors (Lipinski definition) is 0. The molecular weight excluding hydrogens is 1320 g/mol. The fourth-order valence-electron chi connectivity index (χ4n) is 18.5. The van der Waals surface area contributed by atoms with Gasteiger partial charge in [0.05, 0.1) is 0 Å². The van der Waals surface area contributed by atoms with E-state index in [4.69, 9.17) is 0 Å². The molecule has 0 radical (unpaired) electrons. The van der Waals surface area contributed by atoms with Gasteiger partial charge in [-0.15, -0.1) is 0 Å². The van der Waals surface area contributed by atoms with Crippen molar-refractivity contribution in [1.82, 2.24) is 0 Å². The summed E-state index contributed by atoms with van der Waals surface area (Å²) in [6, 6.07) is 130. The number of benzene rings is 18. The summed E-state index contributed by atoms with van der Waals surface area (Å²) in [4.78, 5) is 0. The van der Waals surface area contributed by atoms with Crippen LogP contribution in [0, 0.1) is 0 Å². The molecule has 492 valence electrons. The SMILES string of the molecule is c1ccc(P2Cc3ccc4ccccc4c3-c3c(ccc4ccccc34)C2)c(P2Cc3ccc4ccccc4c3-c3c(ccc4ccccc34)C2)c1.c1ccc(P2Cc3ccc4ccccc4c3-c3c(ccc4ccccc34)C2)c(P2Cc3ccc4ccccc4c3-c3c(ccc4ccccc34)C2)c1. The van der Waals surface area contributed by atoms with Crippen molar-refractivity contribution >= 4 is 139 Å². The molecule has 0 aromatic heterocycles. The van der Waals surface area contributed by atoms with Crippen LogP contribution >= 0.6 is 31.7 Å². The second-order valence-electron chi connectivity index (χ2n) is 29.0. The Labute approximate surface area is 612 Å². The Morgan fingerprint density at radius 3 is 0.394 bits per heavy atom. The van der Waals surface area contributed by atoms with Crippen molar-refractivity contribution in [3.8, 4) is 44.5 Å². The average molecular weight is 1400 g/mol. The van der Waals surface area contributed by atoms with Crippen molar-refractivity contribution in [2.45, 2.75) is 49.3 Å². The van der Waals surface area contributed by atoms with Crippen LogP contribution < -0.4 is 21.2 Å². The third-order valence-electron chi connectivity index (χ3n) is 23.1. The minimum atomic E-state index is -0.507. The van der Waals surface area contributed by atoms with E-state index in [1.807, 2.05) is 0 Å². The molecule has 0 saturated carbocycles. The van der Waals surface area contributed by atoms with Gasteiger partial charge in [0.1, 0.15) is 0 Å². The summed E-state index contributed by atoms with van der Waals surface area (Å²) in [5.41, 5.74) is 23.6. The summed E-state index contributed by atoms with van der Waals surface area (Å²) >= 11 is 0. The lowest BCUT2D eigenvalue weighted by molar-refractivity contribution is 1.39. The van der Waals surface area contributed by atoms with Crippen LogP contribution in [0.3, 0.4) is 0 Å². The fraction of sp³-hybridized carbons (Fsp3) is 0.0800. The molecular formula is C100H72P4. The van der Waals surface area contributed by atoms with E-state index < -0.39 is 31.7 Å². The predicted molar refractivity (Wildman–Crippen MR) is 456 cm³/mol. The zero-order chi connectivity index (χ0) is 68.3. The van der Waals surface area contributed by atoms with E-state index in [9.17, 15) is 0 Å². The maximum atomic E-state index is 2.50. The summed E-state index contributed by atoms with van der Waals surface area (Å²) in [5, 5.41) is 28.1. The Hall–Kier alpha value is -10.2. The summed E-state index contributed by atoms with van der Waals surface area (Å²) in [5.74, 6) is 0. The first kappa shape index (κ1) is 62.3. The van der Waals surface area contributed by atoms with Crippen molar-refractivity contribution < 1.29 is 0 Å². The Balaban J connectivity index is 0.000000134. The van der Waals surface area contributed by atoms with Gasteiger partial charge < -0.3 is 0 Å². The number of hydrogen-bond donors (Lipinski definition) is 0. The standard InChI is InChI=1S/2C50H36P2/c2*1-5-15-41-33(11-1)21-25-37-29-51(30-38-26-22-34-12-2-6-16-42(34)48(38)47(37)41)45-19-9-10-20-46(45)52-31-39-27-23-35-13-3-7-17-43(35)49(39)50-40(32-52)28-24-36-14-4-8-18-44(36)50/h2*1-28H,29-32H2. The van der Waals surface area contributed by atoms with Gasteiger partial charge in [-0.1, -0.05) is 371 Å². The summed E-state index contributed by atoms with van der Waals surface area (Å²) < 4.78 is 0. The molecule has 0 saturated heterocycles. The van der Waals surface area contributed by atoms with E-state index in [0.717, 1.165) is 49.3 Å². The lowest BCUT2D eigenvalue weighted by Crippen LogP contribution is -2.23. The number of rotatable bonds is 4. The van der Waals surface area contributed by atoms with Crippen LogP contribution in [-0.2, 0) is 49.3 Å². The minimum absolute atomic E-state index is 0.507. The van der Waals surface area contributed by atoms with Crippen LogP contribution in [0.25, 0.3) is 131 Å². The number of fused-ring (bicyclic) bond motifs is 28. The van der Waals surface area contributed by atoms with Crippen molar-refractivity contribution in [3.05, 3.63) is 384 Å². The largest absolute Gasteiger partial charge is 0.0656 e. The quantitative estimate of drug-likeness (QED) is 0.154. The minimum Gasteiger partial charge on any atom is -0.0656 e. The highest BCUT2D eigenvalue weighted by Crippen LogP contribution is 2.60. The van der Waals surface area contributed by atoms with Crippen LogP contribution in [0.4, 0.5) is 0 Å². The molecule has 22 rings (SSSR count). The summed E-state index contributed by atoms with van der Waals surface area (Å²) in [6.07, 6.45) is 8.79. The first-order valence-electron chi connectivity index (χ1n) is 36.8. The van der Waals surface area contributed by atoms with Gasteiger partial charge in [-0.2, -0.15) is 0 Å². The van der Waals surface area contributed by atoms with Crippen LogP contribution in [0.5, 0.6) is 0 Å². The summed E-state index contributed by atoms with van der Waals surface area (Å²) in [6.45, 7) is 0.